The van der Waals surface area contributed by atoms with Crippen molar-refractivity contribution >= 4 is 11.8 Å². The molecule has 1 aliphatic carbocycles. The van der Waals surface area contributed by atoms with Crippen molar-refractivity contribution in [1.29, 1.82) is 0 Å². The van der Waals surface area contributed by atoms with Crippen molar-refractivity contribution < 1.29 is 5.11 Å². The number of nitrogens with one attached hydrogen (secondary N) is 1. The third kappa shape index (κ3) is 4.30. The first kappa shape index (κ1) is 16.0. The third-order valence-corrected chi connectivity index (χ3v) is 4.11. The lowest BCUT2D eigenvalue weighted by atomic mass is 9.94. The van der Waals surface area contributed by atoms with Crippen LogP contribution in [0.1, 0.15) is 51.0 Å². The molecular formula is C16H28N4O. The van der Waals surface area contributed by atoms with Crippen molar-refractivity contribution in [3.05, 3.63) is 11.8 Å². The number of hydrogen-bond donors (Lipinski definition) is 2. The van der Waals surface area contributed by atoms with Gasteiger partial charge >= 0.3 is 0 Å². The molecule has 1 heterocycles. The van der Waals surface area contributed by atoms with Crippen LogP contribution in [0, 0.1) is 6.92 Å². The summed E-state index contributed by atoms with van der Waals surface area (Å²) in [5.74, 6) is 1.67. The van der Waals surface area contributed by atoms with Crippen LogP contribution >= 0.6 is 0 Å². The summed E-state index contributed by atoms with van der Waals surface area (Å²) in [5, 5.41) is 12.7. The van der Waals surface area contributed by atoms with Crippen molar-refractivity contribution in [3.63, 3.8) is 0 Å². The highest BCUT2D eigenvalue weighted by molar-refractivity contribution is 5.50. The second-order valence-corrected chi connectivity index (χ2v) is 5.84. The monoisotopic (exact) mass is 292 g/mol. The Morgan fingerprint density at radius 2 is 2.10 bits per heavy atom. The molecule has 0 atom stereocenters. The Morgan fingerprint density at radius 1 is 1.33 bits per heavy atom. The summed E-state index contributed by atoms with van der Waals surface area (Å²) < 4.78 is 0. The maximum atomic E-state index is 9.43. The molecule has 1 saturated carbocycles. The third-order valence-electron chi connectivity index (χ3n) is 4.11. The average molecular weight is 292 g/mol. The standard InChI is InChI=1S/C16H28N4O/c1-3-9-17-16-18-12-13(2)15(19-16)20(10-11-21)14-7-5-4-6-8-14/h12,14,21H,3-11H2,1-2H3,(H,17,18,19). The first-order chi connectivity index (χ1) is 10.3. The van der Waals surface area contributed by atoms with Gasteiger partial charge in [-0.2, -0.15) is 4.98 Å². The summed E-state index contributed by atoms with van der Waals surface area (Å²) in [6.07, 6.45) is 9.20. The van der Waals surface area contributed by atoms with Crippen LogP contribution < -0.4 is 10.2 Å². The molecule has 1 fully saturated rings. The predicted octanol–water partition coefficient (Wildman–Crippen LogP) is 2.74. The van der Waals surface area contributed by atoms with Crippen molar-refractivity contribution in [2.45, 2.75) is 58.4 Å². The molecule has 2 N–H and O–H groups in total. The topological polar surface area (TPSA) is 61.3 Å². The van der Waals surface area contributed by atoms with Gasteiger partial charge in [0.25, 0.3) is 0 Å². The molecule has 0 spiro atoms. The van der Waals surface area contributed by atoms with Crippen LogP contribution in [0.4, 0.5) is 11.8 Å². The van der Waals surface area contributed by atoms with E-state index in [1.54, 1.807) is 0 Å². The first-order valence-corrected chi connectivity index (χ1v) is 8.21. The van der Waals surface area contributed by atoms with Crippen LogP contribution in [0.3, 0.4) is 0 Å². The molecule has 0 bridgehead atoms. The molecule has 1 aliphatic rings. The minimum atomic E-state index is 0.164. The fourth-order valence-corrected chi connectivity index (χ4v) is 3.01. The predicted molar refractivity (Wildman–Crippen MR) is 86.9 cm³/mol. The highest BCUT2D eigenvalue weighted by Gasteiger charge is 2.23. The molecule has 0 radical (unpaired) electrons. The summed E-state index contributed by atoms with van der Waals surface area (Å²) in [5.41, 5.74) is 1.08. The van der Waals surface area contributed by atoms with Crippen LogP contribution in [0.2, 0.25) is 0 Å². The Kier molecular flexibility index (Phi) is 6.23. The van der Waals surface area contributed by atoms with Gasteiger partial charge in [-0.3, -0.25) is 0 Å². The van der Waals surface area contributed by atoms with Crippen LogP contribution in [0.25, 0.3) is 0 Å². The SMILES string of the molecule is CCCNc1ncc(C)c(N(CCO)C2CCCCC2)n1. The van der Waals surface area contributed by atoms with Gasteiger partial charge in [-0.05, 0) is 26.2 Å². The number of hydrogen-bond acceptors (Lipinski definition) is 5. The number of aryl methyl sites for hydroxylation is 1. The number of nitrogens with zero attached hydrogens (tertiary/aromatic N) is 3. The Balaban J connectivity index is 2.20. The maximum absolute atomic E-state index is 9.43. The fraction of sp³-hybridized carbons (Fsp3) is 0.750. The van der Waals surface area contributed by atoms with Crippen molar-refractivity contribution in [2.75, 3.05) is 29.9 Å². The quantitative estimate of drug-likeness (QED) is 0.809. The van der Waals surface area contributed by atoms with Crippen LogP contribution in [0.15, 0.2) is 6.20 Å². The van der Waals surface area contributed by atoms with Gasteiger partial charge in [0.05, 0.1) is 6.61 Å². The maximum Gasteiger partial charge on any atom is 0.224 e. The lowest BCUT2D eigenvalue weighted by molar-refractivity contribution is 0.289. The highest BCUT2D eigenvalue weighted by atomic mass is 16.3. The minimum absolute atomic E-state index is 0.164. The van der Waals surface area contributed by atoms with E-state index in [0.717, 1.165) is 24.3 Å². The van der Waals surface area contributed by atoms with Gasteiger partial charge in [0, 0.05) is 30.9 Å². The van der Waals surface area contributed by atoms with Gasteiger partial charge in [-0.15, -0.1) is 0 Å². The number of anilines is 2. The number of rotatable bonds is 7. The molecule has 0 aromatic carbocycles. The highest BCUT2D eigenvalue weighted by Crippen LogP contribution is 2.28. The molecular weight excluding hydrogens is 264 g/mol. The zero-order valence-corrected chi connectivity index (χ0v) is 13.3. The lowest BCUT2D eigenvalue weighted by Gasteiger charge is -2.35. The zero-order valence-electron chi connectivity index (χ0n) is 13.3. The van der Waals surface area contributed by atoms with Gasteiger partial charge in [0.2, 0.25) is 5.95 Å². The normalized spacial score (nSPS) is 16.0. The van der Waals surface area contributed by atoms with E-state index in [-0.39, 0.29) is 6.61 Å². The minimum Gasteiger partial charge on any atom is -0.395 e. The molecule has 2 rings (SSSR count). The summed E-state index contributed by atoms with van der Waals surface area (Å²) >= 11 is 0. The molecule has 5 nitrogen and oxygen atoms in total. The summed E-state index contributed by atoms with van der Waals surface area (Å²) in [6, 6.07) is 0.499. The Bertz CT molecular complexity index is 432. The summed E-state index contributed by atoms with van der Waals surface area (Å²) in [6.45, 7) is 5.87. The number of aliphatic hydroxyl groups is 1. The van der Waals surface area contributed by atoms with Gasteiger partial charge < -0.3 is 15.3 Å². The average Bonchev–Trinajstić information content (AvgIpc) is 2.53. The van der Waals surface area contributed by atoms with Gasteiger partial charge in [0.1, 0.15) is 5.82 Å². The van der Waals surface area contributed by atoms with Gasteiger partial charge in [-0.25, -0.2) is 4.98 Å². The zero-order chi connectivity index (χ0) is 15.1. The van der Waals surface area contributed by atoms with E-state index in [9.17, 15) is 5.11 Å². The summed E-state index contributed by atoms with van der Waals surface area (Å²) in [4.78, 5) is 11.3. The van der Waals surface area contributed by atoms with Gasteiger partial charge in [0.15, 0.2) is 0 Å². The number of aliphatic hydroxyl groups excluding tert-OH is 1. The van der Waals surface area contributed by atoms with Crippen molar-refractivity contribution in [1.82, 2.24) is 9.97 Å². The van der Waals surface area contributed by atoms with E-state index in [1.165, 1.54) is 32.1 Å². The van der Waals surface area contributed by atoms with Gasteiger partial charge in [-0.1, -0.05) is 26.2 Å². The number of aromatic nitrogens is 2. The van der Waals surface area contributed by atoms with E-state index >= 15 is 0 Å². The molecule has 0 saturated heterocycles. The smallest absolute Gasteiger partial charge is 0.224 e. The molecule has 21 heavy (non-hydrogen) atoms. The molecule has 118 valence electrons. The molecule has 0 unspecified atom stereocenters. The lowest BCUT2D eigenvalue weighted by Crippen LogP contribution is -2.40. The van der Waals surface area contributed by atoms with Crippen LogP contribution in [-0.4, -0.2) is 40.8 Å². The van der Waals surface area contributed by atoms with E-state index in [4.69, 9.17) is 4.98 Å². The van der Waals surface area contributed by atoms with E-state index in [0.29, 0.717) is 18.5 Å². The second-order valence-electron chi connectivity index (χ2n) is 5.84. The first-order valence-electron chi connectivity index (χ1n) is 8.21. The van der Waals surface area contributed by atoms with Crippen LogP contribution in [0.5, 0.6) is 0 Å². The molecule has 1 aromatic heterocycles. The van der Waals surface area contributed by atoms with E-state index in [2.05, 4.69) is 22.1 Å². The molecule has 1 aromatic rings. The Labute approximate surface area is 127 Å². The summed E-state index contributed by atoms with van der Waals surface area (Å²) in [7, 11) is 0. The fourth-order valence-electron chi connectivity index (χ4n) is 3.01. The van der Waals surface area contributed by atoms with Crippen LogP contribution in [-0.2, 0) is 0 Å². The Morgan fingerprint density at radius 3 is 2.76 bits per heavy atom. The van der Waals surface area contributed by atoms with Crippen molar-refractivity contribution in [3.8, 4) is 0 Å². The largest absolute Gasteiger partial charge is 0.395 e. The second kappa shape index (κ2) is 8.17. The van der Waals surface area contributed by atoms with E-state index < -0.39 is 0 Å². The molecule has 0 amide bonds. The van der Waals surface area contributed by atoms with E-state index in [1.807, 2.05) is 13.1 Å². The van der Waals surface area contributed by atoms with Crippen molar-refractivity contribution in [2.24, 2.45) is 0 Å². The molecule has 0 aliphatic heterocycles. The molecule has 5 heteroatoms. The Hall–Kier alpha value is -1.36.